The molecular formula is C21H24FN3OS. The summed E-state index contributed by atoms with van der Waals surface area (Å²) in [5.41, 5.74) is 1.93. The second-order valence-electron chi connectivity index (χ2n) is 6.76. The highest BCUT2D eigenvalue weighted by Crippen LogP contribution is 2.27. The van der Waals surface area contributed by atoms with Crippen LogP contribution in [-0.2, 0) is 12.8 Å². The van der Waals surface area contributed by atoms with Crippen LogP contribution < -0.4 is 4.74 Å². The topological polar surface area (TPSA) is 39.9 Å². The summed E-state index contributed by atoms with van der Waals surface area (Å²) in [6, 6.07) is 14.9. The molecule has 3 aromatic rings. The molecule has 0 amide bonds. The van der Waals surface area contributed by atoms with Crippen molar-refractivity contribution in [2.45, 2.75) is 43.7 Å². The maximum absolute atomic E-state index is 13.8. The molecule has 0 N–H and O–H groups in total. The van der Waals surface area contributed by atoms with Crippen molar-refractivity contribution >= 4 is 11.8 Å². The Morgan fingerprint density at radius 2 is 1.74 bits per heavy atom. The molecule has 3 rings (SSSR count). The number of hydrogen-bond acceptors (Lipinski definition) is 4. The van der Waals surface area contributed by atoms with Crippen LogP contribution in [0.4, 0.5) is 4.39 Å². The summed E-state index contributed by atoms with van der Waals surface area (Å²) in [4.78, 5) is 0. The number of thioether (sulfide) groups is 1. The van der Waals surface area contributed by atoms with Gasteiger partial charge in [0.25, 0.3) is 0 Å². The summed E-state index contributed by atoms with van der Waals surface area (Å²) in [6.45, 7) is 6.28. The molecule has 0 saturated heterocycles. The van der Waals surface area contributed by atoms with Crippen LogP contribution in [0.25, 0.3) is 0 Å². The van der Waals surface area contributed by atoms with Crippen molar-refractivity contribution in [2.24, 2.45) is 7.05 Å². The van der Waals surface area contributed by atoms with Crippen LogP contribution >= 0.6 is 11.8 Å². The molecule has 0 fully saturated rings. The van der Waals surface area contributed by atoms with Gasteiger partial charge in [-0.1, -0.05) is 55.9 Å². The fraction of sp³-hybridized carbons (Fsp3) is 0.333. The number of rotatable bonds is 7. The third-order valence-corrected chi connectivity index (χ3v) is 5.48. The molecule has 0 aliphatic heterocycles. The highest BCUT2D eigenvalue weighted by molar-refractivity contribution is 7.98. The van der Waals surface area contributed by atoms with Gasteiger partial charge in [0.1, 0.15) is 11.6 Å². The summed E-state index contributed by atoms with van der Waals surface area (Å²) in [7, 11) is 1.90. The number of hydrogen-bond donors (Lipinski definition) is 0. The van der Waals surface area contributed by atoms with E-state index >= 15 is 0 Å². The van der Waals surface area contributed by atoms with Crippen molar-refractivity contribution in [1.82, 2.24) is 14.8 Å². The lowest BCUT2D eigenvalue weighted by atomic mass is 10.0. The number of nitrogens with zero attached hydrogens (tertiary/aromatic N) is 3. The minimum Gasteiger partial charge on any atom is -0.483 e. The molecular weight excluding hydrogens is 361 g/mol. The fourth-order valence-electron chi connectivity index (χ4n) is 2.75. The zero-order valence-electron chi connectivity index (χ0n) is 16.0. The van der Waals surface area contributed by atoms with E-state index in [0.29, 0.717) is 17.2 Å². The van der Waals surface area contributed by atoms with Crippen molar-refractivity contribution in [3.8, 4) is 5.75 Å². The maximum atomic E-state index is 13.8. The summed E-state index contributed by atoms with van der Waals surface area (Å²) in [5.74, 6) is 2.33. The summed E-state index contributed by atoms with van der Waals surface area (Å²) >= 11 is 1.46. The van der Waals surface area contributed by atoms with Crippen LogP contribution in [-0.4, -0.2) is 14.8 Å². The van der Waals surface area contributed by atoms with E-state index in [4.69, 9.17) is 4.74 Å². The normalized spacial score (nSPS) is 12.4. The van der Waals surface area contributed by atoms with Crippen molar-refractivity contribution in [2.75, 3.05) is 0 Å². The molecule has 0 aliphatic rings. The minimum atomic E-state index is -0.241. The summed E-state index contributed by atoms with van der Waals surface area (Å²) < 4.78 is 21.7. The standard InChI is InChI=1S/C21H24FN3OS/c1-14(2)16-9-11-18(12-10-16)26-15(3)20-23-24-21(25(20)4)27-13-17-7-5-6-8-19(17)22/h5-12,14-15H,13H2,1-4H3. The quantitative estimate of drug-likeness (QED) is 0.503. The van der Waals surface area contributed by atoms with Crippen LogP contribution in [0.3, 0.4) is 0 Å². The summed E-state index contributed by atoms with van der Waals surface area (Å²) in [6.07, 6.45) is -0.241. The third kappa shape index (κ3) is 4.69. The van der Waals surface area contributed by atoms with E-state index in [1.807, 2.05) is 36.7 Å². The Bertz CT molecular complexity index is 893. The molecule has 6 heteroatoms. The van der Waals surface area contributed by atoms with Crippen LogP contribution in [0.2, 0.25) is 0 Å². The van der Waals surface area contributed by atoms with Gasteiger partial charge in [-0.15, -0.1) is 10.2 Å². The molecule has 0 bridgehead atoms. The first-order chi connectivity index (χ1) is 13.0. The second-order valence-corrected chi connectivity index (χ2v) is 7.71. The van der Waals surface area contributed by atoms with E-state index in [1.54, 1.807) is 12.1 Å². The number of ether oxygens (including phenoxy) is 1. The lowest BCUT2D eigenvalue weighted by Crippen LogP contribution is -2.10. The average Bonchev–Trinajstić information content (AvgIpc) is 3.02. The van der Waals surface area contributed by atoms with Crippen LogP contribution in [0, 0.1) is 5.82 Å². The average molecular weight is 386 g/mol. The van der Waals surface area contributed by atoms with E-state index in [-0.39, 0.29) is 11.9 Å². The van der Waals surface area contributed by atoms with Gasteiger partial charge in [0.15, 0.2) is 17.1 Å². The highest BCUT2D eigenvalue weighted by Gasteiger charge is 2.17. The van der Waals surface area contributed by atoms with Gasteiger partial charge < -0.3 is 9.30 Å². The largest absolute Gasteiger partial charge is 0.483 e. The van der Waals surface area contributed by atoms with Crippen molar-refractivity contribution in [3.63, 3.8) is 0 Å². The third-order valence-electron chi connectivity index (χ3n) is 4.41. The molecule has 27 heavy (non-hydrogen) atoms. The SMILES string of the molecule is CC(C)c1ccc(OC(C)c2nnc(SCc3ccccc3F)n2C)cc1. The molecule has 1 atom stereocenters. The second kappa shape index (κ2) is 8.57. The molecule has 1 unspecified atom stereocenters. The molecule has 1 aromatic heterocycles. The first-order valence-corrected chi connectivity index (χ1v) is 9.96. The van der Waals surface area contributed by atoms with E-state index in [9.17, 15) is 4.39 Å². The van der Waals surface area contributed by atoms with E-state index < -0.39 is 0 Å². The van der Waals surface area contributed by atoms with Gasteiger partial charge in [0.05, 0.1) is 0 Å². The van der Waals surface area contributed by atoms with E-state index in [2.05, 4.69) is 36.2 Å². The first-order valence-electron chi connectivity index (χ1n) is 8.97. The molecule has 0 aliphatic carbocycles. The Balaban J connectivity index is 1.66. The maximum Gasteiger partial charge on any atom is 0.191 e. The lowest BCUT2D eigenvalue weighted by Gasteiger charge is -2.15. The first kappa shape index (κ1) is 19.4. The van der Waals surface area contributed by atoms with E-state index in [0.717, 1.165) is 16.7 Å². The van der Waals surface area contributed by atoms with E-state index in [1.165, 1.54) is 23.4 Å². The molecule has 4 nitrogen and oxygen atoms in total. The highest BCUT2D eigenvalue weighted by atomic mass is 32.2. The lowest BCUT2D eigenvalue weighted by molar-refractivity contribution is 0.211. The van der Waals surface area contributed by atoms with Crippen LogP contribution in [0.15, 0.2) is 53.7 Å². The van der Waals surface area contributed by atoms with Crippen LogP contribution in [0.5, 0.6) is 5.75 Å². The minimum absolute atomic E-state index is 0.200. The molecule has 142 valence electrons. The van der Waals surface area contributed by atoms with Gasteiger partial charge in [0, 0.05) is 12.8 Å². The van der Waals surface area contributed by atoms with Crippen molar-refractivity contribution in [3.05, 3.63) is 71.3 Å². The van der Waals surface area contributed by atoms with Gasteiger partial charge in [-0.25, -0.2) is 4.39 Å². The molecule has 0 spiro atoms. The number of aromatic nitrogens is 3. The van der Waals surface area contributed by atoms with Gasteiger partial charge in [-0.3, -0.25) is 0 Å². The Morgan fingerprint density at radius 1 is 1.04 bits per heavy atom. The molecule has 2 aromatic carbocycles. The van der Waals surface area contributed by atoms with Gasteiger partial charge in [0.2, 0.25) is 0 Å². The summed E-state index contributed by atoms with van der Waals surface area (Å²) in [5, 5.41) is 9.23. The Morgan fingerprint density at radius 3 is 2.41 bits per heavy atom. The Kier molecular flexibility index (Phi) is 6.16. The Hall–Kier alpha value is -2.34. The van der Waals surface area contributed by atoms with Gasteiger partial charge >= 0.3 is 0 Å². The number of halogens is 1. The van der Waals surface area contributed by atoms with Crippen molar-refractivity contribution < 1.29 is 9.13 Å². The van der Waals surface area contributed by atoms with Crippen molar-refractivity contribution in [1.29, 1.82) is 0 Å². The predicted molar refractivity (Wildman–Crippen MR) is 107 cm³/mol. The van der Waals surface area contributed by atoms with Gasteiger partial charge in [-0.05, 0) is 42.2 Å². The zero-order valence-corrected chi connectivity index (χ0v) is 16.8. The van der Waals surface area contributed by atoms with Gasteiger partial charge in [-0.2, -0.15) is 0 Å². The smallest absolute Gasteiger partial charge is 0.191 e. The zero-order chi connectivity index (χ0) is 19.4. The molecule has 0 saturated carbocycles. The predicted octanol–water partition coefficient (Wildman–Crippen LogP) is 5.51. The monoisotopic (exact) mass is 385 g/mol. The molecule has 0 radical (unpaired) electrons. The number of benzene rings is 2. The fourth-order valence-corrected chi connectivity index (χ4v) is 3.66. The Labute approximate surface area is 163 Å². The van der Waals surface area contributed by atoms with Crippen LogP contribution in [0.1, 0.15) is 49.7 Å². The molecule has 1 heterocycles.